The van der Waals surface area contributed by atoms with Crippen LogP contribution in [0.3, 0.4) is 0 Å². The first-order chi connectivity index (χ1) is 9.76. The minimum Gasteiger partial charge on any atom is -0.341 e. The van der Waals surface area contributed by atoms with Gasteiger partial charge in [-0.3, -0.25) is 0 Å². The molecule has 0 aliphatic carbocycles. The summed E-state index contributed by atoms with van der Waals surface area (Å²) in [6, 6.07) is 0. The van der Waals surface area contributed by atoms with Gasteiger partial charge in [0, 0.05) is 26.2 Å². The van der Waals surface area contributed by atoms with E-state index in [1.54, 1.807) is 0 Å². The van der Waals surface area contributed by atoms with E-state index in [-0.39, 0.29) is 0 Å². The maximum atomic E-state index is 6.09. The Balaban J connectivity index is 1.76. The van der Waals surface area contributed by atoms with E-state index in [4.69, 9.17) is 11.6 Å². The average molecular weight is 296 g/mol. The third kappa shape index (κ3) is 2.97. The van der Waals surface area contributed by atoms with Crippen LogP contribution in [0.2, 0.25) is 5.28 Å². The van der Waals surface area contributed by atoms with Crippen LogP contribution in [0.25, 0.3) is 0 Å². The summed E-state index contributed by atoms with van der Waals surface area (Å²) in [5.74, 6) is 2.27. The number of nitrogens with zero attached hydrogens (tertiary/aromatic N) is 5. The molecule has 0 spiro atoms. The summed E-state index contributed by atoms with van der Waals surface area (Å²) < 4.78 is 0. The zero-order valence-electron chi connectivity index (χ0n) is 12.1. The van der Waals surface area contributed by atoms with Gasteiger partial charge in [-0.05, 0) is 43.2 Å². The molecule has 0 bridgehead atoms. The largest absolute Gasteiger partial charge is 0.341 e. The van der Waals surface area contributed by atoms with Crippen LogP contribution in [-0.4, -0.2) is 41.1 Å². The number of rotatable bonds is 4. The molecule has 3 rings (SSSR count). The highest BCUT2D eigenvalue weighted by Gasteiger charge is 2.25. The molecule has 2 aliphatic heterocycles. The van der Waals surface area contributed by atoms with Crippen LogP contribution in [0.1, 0.15) is 39.0 Å². The van der Waals surface area contributed by atoms with Crippen molar-refractivity contribution in [1.82, 2.24) is 15.0 Å². The molecule has 0 saturated carbocycles. The van der Waals surface area contributed by atoms with Crippen LogP contribution in [0.5, 0.6) is 0 Å². The van der Waals surface area contributed by atoms with Gasteiger partial charge in [0.1, 0.15) is 0 Å². The molecule has 110 valence electrons. The molecule has 1 unspecified atom stereocenters. The summed E-state index contributed by atoms with van der Waals surface area (Å²) in [4.78, 5) is 17.7. The van der Waals surface area contributed by atoms with Gasteiger partial charge < -0.3 is 9.80 Å². The Morgan fingerprint density at radius 3 is 2.45 bits per heavy atom. The van der Waals surface area contributed by atoms with Gasteiger partial charge >= 0.3 is 0 Å². The lowest BCUT2D eigenvalue weighted by Crippen LogP contribution is -2.26. The minimum absolute atomic E-state index is 0.316. The Morgan fingerprint density at radius 1 is 1.05 bits per heavy atom. The van der Waals surface area contributed by atoms with Gasteiger partial charge in [-0.2, -0.15) is 15.0 Å². The number of aromatic nitrogens is 3. The van der Waals surface area contributed by atoms with Crippen molar-refractivity contribution in [3.05, 3.63) is 5.28 Å². The molecule has 5 nitrogen and oxygen atoms in total. The molecule has 2 aliphatic rings. The van der Waals surface area contributed by atoms with E-state index in [1.165, 1.54) is 32.1 Å². The minimum atomic E-state index is 0.316. The Labute approximate surface area is 125 Å². The van der Waals surface area contributed by atoms with Crippen molar-refractivity contribution in [2.75, 3.05) is 36.0 Å². The van der Waals surface area contributed by atoms with E-state index < -0.39 is 0 Å². The summed E-state index contributed by atoms with van der Waals surface area (Å²) in [7, 11) is 0. The molecule has 1 atom stereocenters. The predicted molar refractivity (Wildman–Crippen MR) is 81.5 cm³/mol. The second kappa shape index (κ2) is 6.12. The van der Waals surface area contributed by atoms with Gasteiger partial charge in [-0.1, -0.05) is 13.3 Å². The van der Waals surface area contributed by atoms with E-state index in [2.05, 4.69) is 31.7 Å². The van der Waals surface area contributed by atoms with E-state index in [1.807, 2.05) is 0 Å². The standard InChI is InChI=1S/C14H22ClN5/c1-2-5-11-6-9-20(10-11)14-17-12(15)16-13(18-14)19-7-3-4-8-19/h11H,2-10H2,1H3. The lowest BCUT2D eigenvalue weighted by Gasteiger charge is -2.20. The number of hydrogen-bond acceptors (Lipinski definition) is 5. The van der Waals surface area contributed by atoms with Crippen LogP contribution < -0.4 is 9.80 Å². The SMILES string of the molecule is CCCC1CCN(c2nc(Cl)nc(N3CCCC3)n2)C1. The zero-order chi connectivity index (χ0) is 13.9. The lowest BCUT2D eigenvalue weighted by atomic mass is 10.0. The van der Waals surface area contributed by atoms with Crippen LogP contribution in [0.4, 0.5) is 11.9 Å². The van der Waals surface area contributed by atoms with Crippen LogP contribution in [0, 0.1) is 5.92 Å². The third-order valence-electron chi connectivity index (χ3n) is 4.24. The molecule has 3 heterocycles. The van der Waals surface area contributed by atoms with Crippen LogP contribution in [0.15, 0.2) is 0 Å². The van der Waals surface area contributed by atoms with Crippen LogP contribution in [-0.2, 0) is 0 Å². The number of hydrogen-bond donors (Lipinski definition) is 0. The summed E-state index contributed by atoms with van der Waals surface area (Å²) in [6.07, 6.45) is 6.18. The molecular formula is C14H22ClN5. The summed E-state index contributed by atoms with van der Waals surface area (Å²) in [5, 5.41) is 0.316. The third-order valence-corrected chi connectivity index (χ3v) is 4.41. The first-order valence-electron chi connectivity index (χ1n) is 7.67. The van der Waals surface area contributed by atoms with Crippen molar-refractivity contribution < 1.29 is 0 Å². The fourth-order valence-electron chi connectivity index (χ4n) is 3.19. The van der Waals surface area contributed by atoms with Gasteiger partial charge in [0.05, 0.1) is 0 Å². The summed E-state index contributed by atoms with van der Waals surface area (Å²) in [5.41, 5.74) is 0. The van der Waals surface area contributed by atoms with Crippen molar-refractivity contribution in [3.8, 4) is 0 Å². The Bertz CT molecular complexity index is 461. The molecule has 0 amide bonds. The average Bonchev–Trinajstić information content (AvgIpc) is 3.09. The molecule has 1 aromatic rings. The Morgan fingerprint density at radius 2 is 1.75 bits per heavy atom. The Hall–Kier alpha value is -1.10. The molecule has 0 N–H and O–H groups in total. The Kier molecular flexibility index (Phi) is 4.24. The number of halogens is 1. The molecule has 0 aromatic carbocycles. The van der Waals surface area contributed by atoms with Crippen molar-refractivity contribution in [1.29, 1.82) is 0 Å². The monoisotopic (exact) mass is 295 g/mol. The van der Waals surface area contributed by atoms with E-state index >= 15 is 0 Å². The second-order valence-electron chi connectivity index (χ2n) is 5.79. The summed E-state index contributed by atoms with van der Waals surface area (Å²) >= 11 is 6.09. The second-order valence-corrected chi connectivity index (χ2v) is 6.13. The zero-order valence-corrected chi connectivity index (χ0v) is 12.8. The molecule has 2 saturated heterocycles. The normalized spacial score (nSPS) is 22.8. The van der Waals surface area contributed by atoms with Gasteiger partial charge in [-0.15, -0.1) is 0 Å². The topological polar surface area (TPSA) is 45.2 Å². The van der Waals surface area contributed by atoms with Gasteiger partial charge in [-0.25, -0.2) is 0 Å². The lowest BCUT2D eigenvalue weighted by molar-refractivity contribution is 0.529. The molecule has 2 fully saturated rings. The predicted octanol–water partition coefficient (Wildman–Crippen LogP) is 2.75. The molecular weight excluding hydrogens is 274 g/mol. The fourth-order valence-corrected chi connectivity index (χ4v) is 3.34. The maximum absolute atomic E-state index is 6.09. The van der Waals surface area contributed by atoms with Gasteiger partial charge in [0.2, 0.25) is 17.2 Å². The molecule has 1 aromatic heterocycles. The first kappa shape index (κ1) is 13.9. The summed E-state index contributed by atoms with van der Waals surface area (Å²) in [6.45, 7) is 6.38. The maximum Gasteiger partial charge on any atom is 0.231 e. The van der Waals surface area contributed by atoms with Crippen molar-refractivity contribution in [2.24, 2.45) is 5.92 Å². The quantitative estimate of drug-likeness (QED) is 0.854. The first-order valence-corrected chi connectivity index (χ1v) is 8.05. The highest BCUT2D eigenvalue weighted by Crippen LogP contribution is 2.26. The van der Waals surface area contributed by atoms with Crippen LogP contribution >= 0.6 is 11.6 Å². The van der Waals surface area contributed by atoms with Gasteiger partial charge in [0.15, 0.2) is 0 Å². The van der Waals surface area contributed by atoms with Gasteiger partial charge in [0.25, 0.3) is 0 Å². The molecule has 0 radical (unpaired) electrons. The van der Waals surface area contributed by atoms with Crippen molar-refractivity contribution in [2.45, 2.75) is 39.0 Å². The van der Waals surface area contributed by atoms with Crippen molar-refractivity contribution in [3.63, 3.8) is 0 Å². The fraction of sp³-hybridized carbons (Fsp3) is 0.786. The van der Waals surface area contributed by atoms with E-state index in [0.717, 1.165) is 44.0 Å². The number of anilines is 2. The highest BCUT2D eigenvalue weighted by molar-refractivity contribution is 6.28. The van der Waals surface area contributed by atoms with E-state index in [0.29, 0.717) is 5.28 Å². The molecule has 20 heavy (non-hydrogen) atoms. The van der Waals surface area contributed by atoms with E-state index in [9.17, 15) is 0 Å². The highest BCUT2D eigenvalue weighted by atomic mass is 35.5. The smallest absolute Gasteiger partial charge is 0.231 e. The molecule has 6 heteroatoms. The van der Waals surface area contributed by atoms with Crippen molar-refractivity contribution >= 4 is 23.5 Å².